The fourth-order valence-corrected chi connectivity index (χ4v) is 3.46. The molecular weight excluding hydrogens is 280 g/mol. The van der Waals surface area contributed by atoms with Gasteiger partial charge in [-0.1, -0.05) is 25.2 Å². The summed E-state index contributed by atoms with van der Waals surface area (Å²) in [6, 6.07) is 0. The van der Waals surface area contributed by atoms with Crippen LogP contribution in [0.1, 0.15) is 53.0 Å². The Morgan fingerprint density at radius 1 is 1.37 bits per heavy atom. The molecule has 5 nitrogen and oxygen atoms in total. The van der Waals surface area contributed by atoms with E-state index in [1.165, 1.54) is 22.7 Å². The average Bonchev–Trinajstić information content (AvgIpc) is 3.00. The molecule has 0 spiro atoms. The molecule has 0 bridgehead atoms. The maximum Gasteiger partial charge on any atom is 0.269 e. The number of amides is 1. The molecule has 2 heterocycles. The zero-order valence-corrected chi connectivity index (χ0v) is 12.8. The van der Waals surface area contributed by atoms with Crippen LogP contribution >= 0.6 is 22.7 Å². The maximum absolute atomic E-state index is 12.0. The van der Waals surface area contributed by atoms with Crippen LogP contribution in [-0.2, 0) is 0 Å². The van der Waals surface area contributed by atoms with E-state index in [4.69, 9.17) is 0 Å². The average molecular weight is 296 g/mol. The molecule has 102 valence electrons. The van der Waals surface area contributed by atoms with E-state index < -0.39 is 0 Å². The molecule has 0 saturated heterocycles. The first-order valence-corrected chi connectivity index (χ1v) is 7.90. The van der Waals surface area contributed by atoms with Crippen LogP contribution in [0.3, 0.4) is 0 Å². The normalized spacial score (nSPS) is 10.9. The summed E-state index contributed by atoms with van der Waals surface area (Å²) in [5, 5.41) is 12.5. The third-order valence-corrected chi connectivity index (χ3v) is 4.88. The van der Waals surface area contributed by atoms with Gasteiger partial charge in [-0.3, -0.25) is 10.1 Å². The molecule has 0 unspecified atom stereocenters. The minimum absolute atomic E-state index is 0.160. The highest BCUT2D eigenvalue weighted by Crippen LogP contribution is 2.28. The monoisotopic (exact) mass is 296 g/mol. The van der Waals surface area contributed by atoms with E-state index in [1.807, 2.05) is 6.92 Å². The Morgan fingerprint density at radius 3 is 2.68 bits per heavy atom. The lowest BCUT2D eigenvalue weighted by molar-refractivity contribution is 0.102. The minimum Gasteiger partial charge on any atom is -0.296 e. The van der Waals surface area contributed by atoms with Crippen molar-refractivity contribution in [1.29, 1.82) is 0 Å². The summed E-state index contributed by atoms with van der Waals surface area (Å²) in [6.07, 6.45) is 2.07. The highest BCUT2D eigenvalue weighted by atomic mass is 32.1. The molecule has 0 saturated carbocycles. The van der Waals surface area contributed by atoms with Crippen molar-refractivity contribution in [1.82, 2.24) is 15.2 Å². The van der Waals surface area contributed by atoms with Crippen LogP contribution in [0.4, 0.5) is 5.13 Å². The van der Waals surface area contributed by atoms with Gasteiger partial charge in [0.1, 0.15) is 9.88 Å². The standard InChI is InChI=1S/C12H16N4OS2/c1-4-8(5-2)11-15-16-12(19-11)14-10(17)9-7(3)13-6-18-9/h6,8H,4-5H2,1-3H3,(H,14,16,17). The van der Waals surface area contributed by atoms with Gasteiger partial charge in [-0.2, -0.15) is 0 Å². The van der Waals surface area contributed by atoms with Gasteiger partial charge in [0.15, 0.2) is 0 Å². The van der Waals surface area contributed by atoms with E-state index in [0.29, 0.717) is 15.9 Å². The maximum atomic E-state index is 12.0. The lowest BCUT2D eigenvalue weighted by Gasteiger charge is -2.05. The Hall–Kier alpha value is -1.34. The summed E-state index contributed by atoms with van der Waals surface area (Å²) < 4.78 is 0. The Balaban J connectivity index is 2.08. The van der Waals surface area contributed by atoms with E-state index in [9.17, 15) is 4.79 Å². The zero-order chi connectivity index (χ0) is 13.8. The molecular formula is C12H16N4OS2. The predicted octanol–water partition coefficient (Wildman–Crippen LogP) is 3.46. The van der Waals surface area contributed by atoms with Crippen LogP contribution in [0, 0.1) is 6.92 Å². The molecule has 0 aliphatic heterocycles. The van der Waals surface area contributed by atoms with Gasteiger partial charge in [-0.15, -0.1) is 21.5 Å². The second-order valence-electron chi connectivity index (χ2n) is 4.18. The van der Waals surface area contributed by atoms with Gasteiger partial charge >= 0.3 is 0 Å². The van der Waals surface area contributed by atoms with Crippen LogP contribution in [0.5, 0.6) is 0 Å². The third kappa shape index (κ3) is 3.16. The SMILES string of the molecule is CCC(CC)c1nnc(NC(=O)c2scnc2C)s1. The third-order valence-electron chi connectivity index (χ3n) is 2.95. The van der Waals surface area contributed by atoms with Crippen molar-refractivity contribution in [3.05, 3.63) is 21.1 Å². The van der Waals surface area contributed by atoms with Crippen molar-refractivity contribution in [3.63, 3.8) is 0 Å². The van der Waals surface area contributed by atoms with Crippen molar-refractivity contribution in [2.75, 3.05) is 5.32 Å². The molecule has 7 heteroatoms. The van der Waals surface area contributed by atoms with E-state index in [0.717, 1.165) is 23.5 Å². The number of aryl methyl sites for hydroxylation is 1. The molecule has 2 aromatic rings. The van der Waals surface area contributed by atoms with Gasteiger partial charge in [0.05, 0.1) is 11.2 Å². The summed E-state index contributed by atoms with van der Waals surface area (Å²) in [6.45, 7) is 6.09. The predicted molar refractivity (Wildman–Crippen MR) is 78.0 cm³/mol. The summed E-state index contributed by atoms with van der Waals surface area (Å²) in [5.74, 6) is 0.264. The molecule has 0 aromatic carbocycles. The molecule has 0 aliphatic rings. The summed E-state index contributed by atoms with van der Waals surface area (Å²) >= 11 is 2.78. The van der Waals surface area contributed by atoms with Gasteiger partial charge < -0.3 is 0 Å². The fourth-order valence-electron chi connectivity index (χ4n) is 1.76. The quantitative estimate of drug-likeness (QED) is 0.917. The smallest absolute Gasteiger partial charge is 0.269 e. The number of nitrogens with zero attached hydrogens (tertiary/aromatic N) is 3. The van der Waals surface area contributed by atoms with E-state index in [2.05, 4.69) is 34.3 Å². The first-order chi connectivity index (χ1) is 9.15. The van der Waals surface area contributed by atoms with Crippen LogP contribution < -0.4 is 5.32 Å². The summed E-state index contributed by atoms with van der Waals surface area (Å²) in [4.78, 5) is 16.7. The van der Waals surface area contributed by atoms with Crippen molar-refractivity contribution >= 4 is 33.7 Å². The van der Waals surface area contributed by atoms with Gasteiger partial charge in [-0.25, -0.2) is 4.98 Å². The van der Waals surface area contributed by atoms with Gasteiger partial charge in [0.25, 0.3) is 5.91 Å². The number of carbonyl (C=O) groups is 1. The first kappa shape index (κ1) is 14.1. The number of anilines is 1. The number of aromatic nitrogens is 3. The van der Waals surface area contributed by atoms with E-state index in [-0.39, 0.29) is 5.91 Å². The lowest BCUT2D eigenvalue weighted by Crippen LogP contribution is -2.11. The van der Waals surface area contributed by atoms with Crippen LogP contribution in [0.25, 0.3) is 0 Å². The van der Waals surface area contributed by atoms with Crippen LogP contribution in [0.2, 0.25) is 0 Å². The van der Waals surface area contributed by atoms with Crippen LogP contribution in [-0.4, -0.2) is 21.1 Å². The van der Waals surface area contributed by atoms with Crippen molar-refractivity contribution in [2.45, 2.75) is 39.5 Å². The Labute approximate surface area is 120 Å². The topological polar surface area (TPSA) is 67.8 Å². The van der Waals surface area contributed by atoms with Gasteiger partial charge in [0.2, 0.25) is 5.13 Å². The molecule has 19 heavy (non-hydrogen) atoms. The number of thiazole rings is 1. The fraction of sp³-hybridized carbons (Fsp3) is 0.500. The van der Waals surface area contributed by atoms with Crippen LogP contribution in [0.15, 0.2) is 5.51 Å². The van der Waals surface area contributed by atoms with E-state index >= 15 is 0 Å². The molecule has 1 amide bonds. The molecule has 0 atom stereocenters. The van der Waals surface area contributed by atoms with Crippen molar-refractivity contribution in [3.8, 4) is 0 Å². The molecule has 0 radical (unpaired) electrons. The number of hydrogen-bond acceptors (Lipinski definition) is 6. The summed E-state index contributed by atoms with van der Waals surface area (Å²) in [5.41, 5.74) is 2.41. The second kappa shape index (κ2) is 6.21. The Kier molecular flexibility index (Phi) is 4.60. The number of hydrogen-bond donors (Lipinski definition) is 1. The zero-order valence-electron chi connectivity index (χ0n) is 11.1. The largest absolute Gasteiger partial charge is 0.296 e. The number of rotatable bonds is 5. The molecule has 0 fully saturated rings. The van der Waals surface area contributed by atoms with Gasteiger partial charge in [0, 0.05) is 5.92 Å². The Morgan fingerprint density at radius 2 is 2.11 bits per heavy atom. The minimum atomic E-state index is -0.160. The van der Waals surface area contributed by atoms with Gasteiger partial charge in [-0.05, 0) is 19.8 Å². The number of nitrogens with one attached hydrogen (secondary N) is 1. The molecule has 2 aromatic heterocycles. The first-order valence-electron chi connectivity index (χ1n) is 6.20. The second-order valence-corrected chi connectivity index (χ2v) is 6.04. The molecule has 0 aliphatic carbocycles. The number of carbonyl (C=O) groups excluding carboxylic acids is 1. The lowest BCUT2D eigenvalue weighted by atomic mass is 10.1. The van der Waals surface area contributed by atoms with E-state index in [1.54, 1.807) is 5.51 Å². The highest BCUT2D eigenvalue weighted by Gasteiger charge is 2.17. The van der Waals surface area contributed by atoms with Crippen molar-refractivity contribution < 1.29 is 4.79 Å². The van der Waals surface area contributed by atoms with Crippen molar-refractivity contribution in [2.24, 2.45) is 0 Å². The molecule has 1 N–H and O–H groups in total. The summed E-state index contributed by atoms with van der Waals surface area (Å²) in [7, 11) is 0. The Bertz CT molecular complexity index is 560. The molecule has 2 rings (SSSR count). The highest BCUT2D eigenvalue weighted by molar-refractivity contribution is 7.15.